The molecule has 30 heteroatoms. The van der Waals surface area contributed by atoms with Crippen LogP contribution in [-0.2, 0) is 67.1 Å². The molecule has 0 aliphatic carbocycles. The van der Waals surface area contributed by atoms with E-state index in [0.717, 1.165) is 45.3 Å². The van der Waals surface area contributed by atoms with Crippen LogP contribution in [0.4, 0.5) is 0 Å². The molecular formula is C70H122N16O14. The topological polar surface area (TPSA) is 396 Å². The first-order valence-electron chi connectivity index (χ1n) is 35.9. The van der Waals surface area contributed by atoms with Crippen molar-refractivity contribution in [2.45, 2.75) is 303 Å². The molecule has 14 amide bonds. The second-order valence-electron chi connectivity index (χ2n) is 31.7. The molecule has 4 rings (SSSR count). The number of nitrogens with one attached hydrogen (secondary N) is 12. The van der Waals surface area contributed by atoms with Crippen LogP contribution >= 0.6 is 0 Å². The van der Waals surface area contributed by atoms with Gasteiger partial charge in [-0.2, -0.15) is 0 Å². The quantitative estimate of drug-likeness (QED) is 0.0426. The Kier molecular flexibility index (Phi) is 28.9. The van der Waals surface area contributed by atoms with Crippen LogP contribution in [-0.4, -0.2) is 229 Å². The molecule has 0 bridgehead atoms. The van der Waals surface area contributed by atoms with E-state index in [1.54, 1.807) is 27.7 Å². The maximum atomic E-state index is 14.4. The van der Waals surface area contributed by atoms with Crippen LogP contribution < -0.4 is 63.8 Å². The number of fused-ring (bicyclic) bond motifs is 1. The molecule has 8 atom stereocenters. The van der Waals surface area contributed by atoms with Crippen molar-refractivity contribution in [3.8, 4) is 0 Å². The van der Waals surface area contributed by atoms with Gasteiger partial charge in [0, 0.05) is 58.7 Å². The summed E-state index contributed by atoms with van der Waals surface area (Å²) in [4.78, 5) is 199. The van der Waals surface area contributed by atoms with E-state index < -0.39 is 139 Å². The van der Waals surface area contributed by atoms with E-state index >= 15 is 0 Å². The Morgan fingerprint density at radius 3 is 1.31 bits per heavy atom. The summed E-state index contributed by atoms with van der Waals surface area (Å²) in [6, 6.07) is -1.79. The zero-order valence-electron chi connectivity index (χ0n) is 63.7. The van der Waals surface area contributed by atoms with Crippen LogP contribution in [0.2, 0.25) is 0 Å². The van der Waals surface area contributed by atoms with Crippen LogP contribution in [0.5, 0.6) is 0 Å². The van der Waals surface area contributed by atoms with E-state index in [0.29, 0.717) is 50.9 Å². The average molecular weight is 1410 g/mol. The lowest BCUT2D eigenvalue weighted by atomic mass is 9.91. The largest absolute Gasteiger partial charge is 0.354 e. The van der Waals surface area contributed by atoms with Gasteiger partial charge in [-0.15, -0.1) is 0 Å². The number of rotatable bonds is 34. The van der Waals surface area contributed by atoms with Gasteiger partial charge in [-0.3, -0.25) is 76.9 Å². The van der Waals surface area contributed by atoms with Gasteiger partial charge in [0.25, 0.3) is 0 Å². The van der Waals surface area contributed by atoms with Crippen molar-refractivity contribution in [1.82, 2.24) is 83.4 Å². The van der Waals surface area contributed by atoms with Crippen LogP contribution in [0.25, 0.3) is 0 Å². The zero-order valence-corrected chi connectivity index (χ0v) is 63.7. The maximum absolute atomic E-state index is 14.4. The van der Waals surface area contributed by atoms with E-state index in [1.807, 2.05) is 6.92 Å². The van der Waals surface area contributed by atoms with Crippen molar-refractivity contribution in [3.05, 3.63) is 0 Å². The molecule has 4 aliphatic heterocycles. The van der Waals surface area contributed by atoms with Crippen LogP contribution in [0.15, 0.2) is 0 Å². The molecule has 0 aromatic rings. The number of hydrogen-bond donors (Lipinski definition) is 12. The minimum Gasteiger partial charge on any atom is -0.354 e. The summed E-state index contributed by atoms with van der Waals surface area (Å²) in [5, 5.41) is 32.8. The first kappa shape index (κ1) is 84.9. The number of carbonyl (C=O) groups is 14. The fraction of sp³-hybridized carbons (Fsp3) is 0.800. The zero-order chi connectivity index (χ0) is 76.1. The van der Waals surface area contributed by atoms with Gasteiger partial charge in [-0.05, 0) is 186 Å². The van der Waals surface area contributed by atoms with Crippen LogP contribution in [0.1, 0.15) is 229 Å². The molecule has 4 heterocycles. The van der Waals surface area contributed by atoms with E-state index in [4.69, 9.17) is 0 Å². The maximum Gasteiger partial charge on any atom is 0.248 e. The highest BCUT2D eigenvalue weighted by Crippen LogP contribution is 2.29. The monoisotopic (exact) mass is 1410 g/mol. The van der Waals surface area contributed by atoms with Gasteiger partial charge in [0.05, 0.1) is 12.7 Å². The van der Waals surface area contributed by atoms with Crippen molar-refractivity contribution in [2.75, 3.05) is 52.4 Å². The average Bonchev–Trinajstić information content (AvgIpc) is 1.08. The molecule has 0 spiro atoms. The second-order valence-corrected chi connectivity index (χ2v) is 31.7. The molecule has 4 saturated heterocycles. The Bertz CT molecular complexity index is 3060. The minimum atomic E-state index is -1.72. The van der Waals surface area contributed by atoms with Gasteiger partial charge < -0.3 is 73.6 Å². The van der Waals surface area contributed by atoms with Gasteiger partial charge >= 0.3 is 0 Å². The van der Waals surface area contributed by atoms with Gasteiger partial charge in [0.15, 0.2) is 0 Å². The predicted molar refractivity (Wildman–Crippen MR) is 376 cm³/mol. The van der Waals surface area contributed by atoms with Gasteiger partial charge in [0.1, 0.15) is 61.9 Å². The molecule has 1 unspecified atom stereocenters. The molecular weight excluding hydrogens is 1290 g/mol. The molecule has 4 fully saturated rings. The molecule has 0 aromatic heterocycles. The van der Waals surface area contributed by atoms with Crippen molar-refractivity contribution in [3.63, 3.8) is 0 Å². The molecule has 4 aliphatic rings. The van der Waals surface area contributed by atoms with Crippen molar-refractivity contribution in [1.29, 1.82) is 0 Å². The third-order valence-corrected chi connectivity index (χ3v) is 20.4. The third kappa shape index (κ3) is 21.8. The van der Waals surface area contributed by atoms with Gasteiger partial charge in [-0.1, -0.05) is 41.5 Å². The summed E-state index contributed by atoms with van der Waals surface area (Å²) in [5.74, 6) is -8.38. The molecule has 0 aromatic carbocycles. The normalized spacial score (nSPS) is 20.4. The lowest BCUT2D eigenvalue weighted by Crippen LogP contribution is -2.69. The third-order valence-electron chi connectivity index (χ3n) is 20.4. The standard InChI is InChI=1S/C70H122N16O14/c1-22-67(18,82-60(99)69(20,24-3)76-51(90)46-30-26-38-85(46)44(7)87)57(96)71-34-33-48(88)72-41-49(89)74-62(8,9)53(92)77-65(14,15)56(95)81-70(21,25-4)59(98)80-64(12,13)54(93)78-63(10,11)55(94)79-66(16,17)61(100)86-39-27-31-47(86)52(91)75-68(19,23-2)58(97)73-45(40-43(5)6)42-84-37-29-36-83-35-28-32-50(83)84/h43,45-47,50H,22-42H2,1-21H3,(H,71,96)(H,72,88)(H,73,97)(H,74,89)(H,75,91)(H,76,90)(H,77,92)(H,78,93)(H,79,94)(H,80,98)(H,81,95)(H,82,99)/t45-,46-,47-,50?,67-,68+,69+,70+/m1/s1. The molecule has 100 heavy (non-hydrogen) atoms. The highest BCUT2D eigenvalue weighted by atomic mass is 16.2. The van der Waals surface area contributed by atoms with E-state index in [1.165, 1.54) is 107 Å². The Balaban J connectivity index is 1.27. The highest BCUT2D eigenvalue weighted by Gasteiger charge is 2.49. The Morgan fingerprint density at radius 2 is 0.810 bits per heavy atom. The van der Waals surface area contributed by atoms with Crippen molar-refractivity contribution < 1.29 is 67.1 Å². The number of hydrogen-bond acceptors (Lipinski definition) is 16. The fourth-order valence-corrected chi connectivity index (χ4v) is 12.7. The summed E-state index contributed by atoms with van der Waals surface area (Å²) in [6.07, 6.45) is 6.70. The number of nitrogens with zero attached hydrogens (tertiary/aromatic N) is 4. The Labute approximate surface area is 592 Å². The first-order chi connectivity index (χ1) is 46.0. The van der Waals surface area contributed by atoms with E-state index in [2.05, 4.69) is 87.4 Å². The van der Waals surface area contributed by atoms with Crippen molar-refractivity contribution >= 4 is 82.7 Å². The number of likely N-dealkylation sites (tertiary alicyclic amines) is 2. The summed E-state index contributed by atoms with van der Waals surface area (Å²) in [5.41, 5.74) is -14.3. The predicted octanol–water partition coefficient (Wildman–Crippen LogP) is 0.883. The van der Waals surface area contributed by atoms with Gasteiger partial charge in [-0.25, -0.2) is 0 Å². The molecule has 566 valence electrons. The summed E-state index contributed by atoms with van der Waals surface area (Å²) in [7, 11) is 0. The molecule has 12 N–H and O–H groups in total. The van der Waals surface area contributed by atoms with Crippen molar-refractivity contribution in [2.24, 2.45) is 5.92 Å². The molecule has 0 radical (unpaired) electrons. The minimum absolute atomic E-state index is 0.00513. The highest BCUT2D eigenvalue weighted by molar-refractivity contribution is 6.03. The SMILES string of the molecule is CC[C@@](C)(NC(=O)[C@](C)(CC)NC(=O)[C@H]1CCCN1C(C)=O)C(=O)NCCC(=O)NCC(=O)NC(C)(C)C(=O)NC(C)(C)C(=O)N[C@@](C)(CC)C(=O)NC(C)(C)C(=O)NC(C)(C)C(=O)NC(C)(C)C(=O)N1CCC[C@@H]1C(=O)N[C@@](C)(CC)C(=O)N[C@H](CC(C)C)CN1CCCN2CCCC21. The summed E-state index contributed by atoms with van der Waals surface area (Å²) in [6.45, 7) is 36.4. The Hall–Kier alpha value is -7.50. The smallest absolute Gasteiger partial charge is 0.248 e. The summed E-state index contributed by atoms with van der Waals surface area (Å²) < 4.78 is 0. The Morgan fingerprint density at radius 1 is 0.410 bits per heavy atom. The first-order valence-corrected chi connectivity index (χ1v) is 35.9. The van der Waals surface area contributed by atoms with Gasteiger partial charge in [0.2, 0.25) is 82.7 Å². The van der Waals surface area contributed by atoms with E-state index in [9.17, 15) is 67.1 Å². The number of amides is 14. The second kappa shape index (κ2) is 34.0. The fourth-order valence-electron chi connectivity index (χ4n) is 12.7. The van der Waals surface area contributed by atoms with E-state index in [-0.39, 0.29) is 63.0 Å². The van der Waals surface area contributed by atoms with Crippen LogP contribution in [0, 0.1) is 5.92 Å². The number of carbonyl (C=O) groups excluding carboxylic acids is 14. The summed E-state index contributed by atoms with van der Waals surface area (Å²) >= 11 is 0. The molecule has 0 saturated carbocycles. The molecule has 30 nitrogen and oxygen atoms in total. The lowest BCUT2D eigenvalue weighted by Gasteiger charge is -2.42. The lowest BCUT2D eigenvalue weighted by molar-refractivity contribution is -0.147. The van der Waals surface area contributed by atoms with Crippen LogP contribution in [0.3, 0.4) is 0 Å².